The normalized spacial score (nSPS) is 22.6. The molecule has 2 fully saturated rings. The van der Waals surface area contributed by atoms with Gasteiger partial charge in [0.25, 0.3) is 0 Å². The van der Waals surface area contributed by atoms with Gasteiger partial charge in [0.05, 0.1) is 0 Å². The monoisotopic (exact) mass is 276 g/mol. The highest BCUT2D eigenvalue weighted by molar-refractivity contribution is 5.24. The van der Waals surface area contributed by atoms with E-state index in [4.69, 9.17) is 0 Å². The standard InChI is InChI=1S/C17H25FN2/c1-13-4-7-17(18)15(9-13)11-20(10-14-5-6-14)12-16-3-2-8-19-16/h4,7,9,14,16,19H,2-3,5-6,8,10-12H2,1H3. The van der Waals surface area contributed by atoms with Gasteiger partial charge >= 0.3 is 0 Å². The quantitative estimate of drug-likeness (QED) is 0.859. The Balaban J connectivity index is 1.65. The number of halogens is 1. The van der Waals surface area contributed by atoms with Crippen LogP contribution in [0.5, 0.6) is 0 Å². The van der Waals surface area contributed by atoms with Crippen LogP contribution in [-0.2, 0) is 6.54 Å². The molecule has 1 aliphatic carbocycles. The number of hydrogen-bond donors (Lipinski definition) is 1. The van der Waals surface area contributed by atoms with Crippen molar-refractivity contribution in [3.8, 4) is 0 Å². The summed E-state index contributed by atoms with van der Waals surface area (Å²) in [6.07, 6.45) is 5.24. The second-order valence-corrected chi connectivity index (χ2v) is 6.53. The van der Waals surface area contributed by atoms with E-state index in [1.165, 1.54) is 25.7 Å². The molecule has 2 nitrogen and oxygen atoms in total. The van der Waals surface area contributed by atoms with Gasteiger partial charge in [-0.05, 0) is 51.1 Å². The Morgan fingerprint density at radius 1 is 1.25 bits per heavy atom. The van der Waals surface area contributed by atoms with E-state index in [1.807, 2.05) is 19.1 Å². The molecule has 1 saturated heterocycles. The largest absolute Gasteiger partial charge is 0.313 e. The van der Waals surface area contributed by atoms with E-state index in [1.54, 1.807) is 6.07 Å². The van der Waals surface area contributed by atoms with E-state index in [9.17, 15) is 4.39 Å². The fourth-order valence-corrected chi connectivity index (χ4v) is 3.16. The average Bonchev–Trinajstić information content (AvgIpc) is 3.08. The third-order valence-corrected chi connectivity index (χ3v) is 4.45. The molecule has 2 aliphatic rings. The van der Waals surface area contributed by atoms with Crippen LogP contribution in [0.3, 0.4) is 0 Å². The number of nitrogens with one attached hydrogen (secondary N) is 1. The highest BCUT2D eigenvalue weighted by Gasteiger charge is 2.26. The number of aryl methyl sites for hydroxylation is 1. The van der Waals surface area contributed by atoms with Crippen LogP contribution in [-0.4, -0.2) is 30.6 Å². The minimum absolute atomic E-state index is 0.0595. The SMILES string of the molecule is Cc1ccc(F)c(CN(CC2CC2)CC2CCCN2)c1. The molecule has 1 aromatic carbocycles. The summed E-state index contributed by atoms with van der Waals surface area (Å²) in [7, 11) is 0. The average molecular weight is 276 g/mol. The minimum Gasteiger partial charge on any atom is -0.313 e. The summed E-state index contributed by atoms with van der Waals surface area (Å²) in [6, 6.07) is 6.05. The lowest BCUT2D eigenvalue weighted by atomic mass is 10.1. The van der Waals surface area contributed by atoms with Crippen LogP contribution in [0, 0.1) is 18.7 Å². The molecule has 1 unspecified atom stereocenters. The number of hydrogen-bond acceptors (Lipinski definition) is 2. The van der Waals surface area contributed by atoms with Gasteiger partial charge in [-0.1, -0.05) is 17.7 Å². The molecule has 3 heteroatoms. The van der Waals surface area contributed by atoms with Crippen molar-refractivity contribution in [3.63, 3.8) is 0 Å². The summed E-state index contributed by atoms with van der Waals surface area (Å²) < 4.78 is 14.0. The lowest BCUT2D eigenvalue weighted by Gasteiger charge is -2.26. The smallest absolute Gasteiger partial charge is 0.127 e. The molecule has 110 valence electrons. The Kier molecular flexibility index (Phi) is 4.37. The molecule has 0 amide bonds. The predicted molar refractivity (Wildman–Crippen MR) is 80.2 cm³/mol. The van der Waals surface area contributed by atoms with Crippen LogP contribution < -0.4 is 5.32 Å². The lowest BCUT2D eigenvalue weighted by molar-refractivity contribution is 0.229. The van der Waals surface area contributed by atoms with Crippen LogP contribution in [0.1, 0.15) is 36.8 Å². The molecule has 1 heterocycles. The van der Waals surface area contributed by atoms with Gasteiger partial charge in [0.1, 0.15) is 5.82 Å². The van der Waals surface area contributed by atoms with Gasteiger partial charge in [-0.15, -0.1) is 0 Å². The van der Waals surface area contributed by atoms with E-state index in [0.29, 0.717) is 6.04 Å². The summed E-state index contributed by atoms with van der Waals surface area (Å²) in [5.41, 5.74) is 2.00. The minimum atomic E-state index is -0.0595. The Labute approximate surface area is 121 Å². The summed E-state index contributed by atoms with van der Waals surface area (Å²) >= 11 is 0. The summed E-state index contributed by atoms with van der Waals surface area (Å²) in [5, 5.41) is 3.56. The second kappa shape index (κ2) is 6.23. The van der Waals surface area contributed by atoms with Crippen LogP contribution in [0.2, 0.25) is 0 Å². The van der Waals surface area contributed by atoms with Gasteiger partial charge in [-0.2, -0.15) is 0 Å². The number of benzene rings is 1. The van der Waals surface area contributed by atoms with Crippen molar-refractivity contribution in [2.24, 2.45) is 5.92 Å². The summed E-state index contributed by atoms with van der Waals surface area (Å²) in [6.45, 7) is 6.12. The second-order valence-electron chi connectivity index (χ2n) is 6.53. The number of nitrogens with zero attached hydrogens (tertiary/aromatic N) is 1. The third kappa shape index (κ3) is 3.80. The number of rotatable bonds is 6. The predicted octanol–water partition coefficient (Wildman–Crippen LogP) is 3.10. The topological polar surface area (TPSA) is 15.3 Å². The maximum atomic E-state index is 14.0. The fraction of sp³-hybridized carbons (Fsp3) is 0.647. The highest BCUT2D eigenvalue weighted by Crippen LogP contribution is 2.30. The van der Waals surface area contributed by atoms with E-state index in [-0.39, 0.29) is 5.82 Å². The van der Waals surface area contributed by atoms with E-state index >= 15 is 0 Å². The van der Waals surface area contributed by atoms with Gasteiger partial charge in [-0.25, -0.2) is 4.39 Å². The summed E-state index contributed by atoms with van der Waals surface area (Å²) in [4.78, 5) is 2.46. The van der Waals surface area contributed by atoms with Gasteiger partial charge in [0.2, 0.25) is 0 Å². The highest BCUT2D eigenvalue weighted by atomic mass is 19.1. The molecular weight excluding hydrogens is 251 g/mol. The Hall–Kier alpha value is -0.930. The zero-order valence-electron chi connectivity index (χ0n) is 12.4. The first kappa shape index (κ1) is 14.0. The van der Waals surface area contributed by atoms with Crippen LogP contribution in [0.15, 0.2) is 18.2 Å². The van der Waals surface area contributed by atoms with Gasteiger partial charge < -0.3 is 5.32 Å². The molecular formula is C17H25FN2. The molecule has 0 spiro atoms. The van der Waals surface area contributed by atoms with Crippen LogP contribution >= 0.6 is 0 Å². The maximum absolute atomic E-state index is 14.0. The van der Waals surface area contributed by atoms with E-state index in [2.05, 4.69) is 10.2 Å². The fourth-order valence-electron chi connectivity index (χ4n) is 3.16. The third-order valence-electron chi connectivity index (χ3n) is 4.45. The van der Waals surface area contributed by atoms with Crippen molar-refractivity contribution in [2.75, 3.05) is 19.6 Å². The molecule has 3 rings (SSSR count). The van der Waals surface area contributed by atoms with Crippen molar-refractivity contribution in [3.05, 3.63) is 35.1 Å². The summed E-state index contributed by atoms with van der Waals surface area (Å²) in [5.74, 6) is 0.792. The van der Waals surface area contributed by atoms with E-state index in [0.717, 1.165) is 43.2 Å². The van der Waals surface area contributed by atoms with Crippen LogP contribution in [0.4, 0.5) is 4.39 Å². The lowest BCUT2D eigenvalue weighted by Crippen LogP contribution is -2.38. The molecule has 1 N–H and O–H groups in total. The van der Waals surface area contributed by atoms with Crippen molar-refractivity contribution in [1.82, 2.24) is 10.2 Å². The van der Waals surface area contributed by atoms with Crippen molar-refractivity contribution < 1.29 is 4.39 Å². The maximum Gasteiger partial charge on any atom is 0.127 e. The van der Waals surface area contributed by atoms with Gasteiger partial charge in [-0.3, -0.25) is 4.90 Å². The first-order valence-corrected chi connectivity index (χ1v) is 7.91. The van der Waals surface area contributed by atoms with Crippen molar-refractivity contribution in [1.29, 1.82) is 0 Å². The Morgan fingerprint density at radius 2 is 2.10 bits per heavy atom. The molecule has 1 saturated carbocycles. The Bertz CT molecular complexity index is 450. The molecule has 20 heavy (non-hydrogen) atoms. The zero-order valence-corrected chi connectivity index (χ0v) is 12.4. The van der Waals surface area contributed by atoms with E-state index < -0.39 is 0 Å². The first-order chi connectivity index (χ1) is 9.70. The van der Waals surface area contributed by atoms with Gasteiger partial charge in [0.15, 0.2) is 0 Å². The van der Waals surface area contributed by atoms with Crippen molar-refractivity contribution >= 4 is 0 Å². The zero-order chi connectivity index (χ0) is 13.9. The first-order valence-electron chi connectivity index (χ1n) is 7.91. The van der Waals surface area contributed by atoms with Crippen LogP contribution in [0.25, 0.3) is 0 Å². The molecule has 0 aromatic heterocycles. The van der Waals surface area contributed by atoms with Gasteiger partial charge in [0, 0.05) is 31.2 Å². The molecule has 0 radical (unpaired) electrons. The molecule has 1 aromatic rings. The Morgan fingerprint density at radius 3 is 2.80 bits per heavy atom. The molecule has 1 atom stereocenters. The van der Waals surface area contributed by atoms with Crippen molar-refractivity contribution in [2.45, 2.75) is 45.2 Å². The molecule has 1 aliphatic heterocycles. The molecule has 0 bridgehead atoms.